The first-order chi connectivity index (χ1) is 9.13. The predicted octanol–water partition coefficient (Wildman–Crippen LogP) is 1.76. The van der Waals surface area contributed by atoms with Gasteiger partial charge >= 0.3 is 5.97 Å². The summed E-state index contributed by atoms with van der Waals surface area (Å²) in [5.74, 6) is 0.128. The predicted molar refractivity (Wildman–Crippen MR) is 70.1 cm³/mol. The van der Waals surface area contributed by atoms with Gasteiger partial charge in [-0.05, 0) is 30.5 Å². The van der Waals surface area contributed by atoms with Crippen molar-refractivity contribution in [2.24, 2.45) is 5.92 Å². The lowest BCUT2D eigenvalue weighted by molar-refractivity contribution is -0.145. The molecule has 1 unspecified atom stereocenters. The number of nitrogens with one attached hydrogen (secondary N) is 1. The summed E-state index contributed by atoms with van der Waals surface area (Å²) in [6, 6.07) is 5.56. The standard InChI is InChI=1S/C14H17NO4/c1-3-10(14(17)18-2)6-9-4-5-12-11(7-9)15-13(16)8-19-12/h4-5,7,10H,3,6,8H2,1-2H3,(H,15,16). The van der Waals surface area contributed by atoms with E-state index in [9.17, 15) is 9.59 Å². The summed E-state index contributed by atoms with van der Waals surface area (Å²) in [4.78, 5) is 22.8. The van der Waals surface area contributed by atoms with Crippen molar-refractivity contribution in [3.8, 4) is 5.75 Å². The van der Waals surface area contributed by atoms with Gasteiger partial charge in [0, 0.05) is 0 Å². The van der Waals surface area contributed by atoms with Crippen LogP contribution in [0.5, 0.6) is 5.75 Å². The molecule has 19 heavy (non-hydrogen) atoms. The van der Waals surface area contributed by atoms with Crippen molar-refractivity contribution in [3.63, 3.8) is 0 Å². The third-order valence-electron chi connectivity index (χ3n) is 3.19. The monoisotopic (exact) mass is 263 g/mol. The third kappa shape index (κ3) is 3.05. The summed E-state index contributed by atoms with van der Waals surface area (Å²) in [5, 5.41) is 2.75. The Balaban J connectivity index is 2.15. The van der Waals surface area contributed by atoms with Crippen LogP contribution in [0.3, 0.4) is 0 Å². The Hall–Kier alpha value is -2.04. The summed E-state index contributed by atoms with van der Waals surface area (Å²) >= 11 is 0. The fourth-order valence-electron chi connectivity index (χ4n) is 2.10. The van der Waals surface area contributed by atoms with Gasteiger partial charge in [-0.25, -0.2) is 0 Å². The fraction of sp³-hybridized carbons (Fsp3) is 0.429. The van der Waals surface area contributed by atoms with Crippen LogP contribution in [0.4, 0.5) is 5.69 Å². The van der Waals surface area contributed by atoms with Crippen molar-refractivity contribution in [1.82, 2.24) is 0 Å². The number of esters is 1. The van der Waals surface area contributed by atoms with Crippen LogP contribution < -0.4 is 10.1 Å². The molecule has 102 valence electrons. The highest BCUT2D eigenvalue weighted by atomic mass is 16.5. The number of hydrogen-bond acceptors (Lipinski definition) is 4. The summed E-state index contributed by atoms with van der Waals surface area (Å²) in [6.45, 7) is 2.00. The molecule has 1 atom stereocenters. The van der Waals surface area contributed by atoms with Gasteiger partial charge < -0.3 is 14.8 Å². The Morgan fingerprint density at radius 2 is 2.32 bits per heavy atom. The highest BCUT2D eigenvalue weighted by Crippen LogP contribution is 2.29. The third-order valence-corrected chi connectivity index (χ3v) is 3.19. The zero-order chi connectivity index (χ0) is 13.8. The molecule has 1 heterocycles. The summed E-state index contributed by atoms with van der Waals surface area (Å²) in [5.41, 5.74) is 1.63. The minimum Gasteiger partial charge on any atom is -0.482 e. The number of ether oxygens (including phenoxy) is 2. The van der Waals surface area contributed by atoms with Crippen LogP contribution in [0.2, 0.25) is 0 Å². The quantitative estimate of drug-likeness (QED) is 0.841. The highest BCUT2D eigenvalue weighted by molar-refractivity contribution is 5.95. The Morgan fingerprint density at radius 1 is 1.53 bits per heavy atom. The molecule has 0 bridgehead atoms. The fourth-order valence-corrected chi connectivity index (χ4v) is 2.10. The smallest absolute Gasteiger partial charge is 0.308 e. The van der Waals surface area contributed by atoms with E-state index < -0.39 is 0 Å². The zero-order valence-corrected chi connectivity index (χ0v) is 11.1. The molecule has 0 aromatic heterocycles. The summed E-state index contributed by atoms with van der Waals surface area (Å²) in [6.07, 6.45) is 1.30. The molecule has 1 N–H and O–H groups in total. The molecule has 1 aliphatic heterocycles. The molecule has 5 heteroatoms. The number of anilines is 1. The summed E-state index contributed by atoms with van der Waals surface area (Å²) in [7, 11) is 1.39. The largest absolute Gasteiger partial charge is 0.482 e. The van der Waals surface area contributed by atoms with Crippen molar-refractivity contribution >= 4 is 17.6 Å². The first-order valence-electron chi connectivity index (χ1n) is 6.27. The van der Waals surface area contributed by atoms with Crippen LogP contribution in [0.15, 0.2) is 18.2 Å². The van der Waals surface area contributed by atoms with E-state index in [0.29, 0.717) is 24.3 Å². The van der Waals surface area contributed by atoms with Crippen LogP contribution in [0.25, 0.3) is 0 Å². The first kappa shape index (κ1) is 13.4. The topological polar surface area (TPSA) is 64.6 Å². The van der Waals surface area contributed by atoms with Gasteiger partial charge in [0.25, 0.3) is 5.91 Å². The molecule has 0 saturated heterocycles. The minimum absolute atomic E-state index is 0.0477. The second-order valence-corrected chi connectivity index (χ2v) is 4.50. The van der Waals surface area contributed by atoms with Crippen LogP contribution in [-0.4, -0.2) is 25.6 Å². The lowest BCUT2D eigenvalue weighted by atomic mass is 9.96. The highest BCUT2D eigenvalue weighted by Gasteiger charge is 2.20. The van der Waals surface area contributed by atoms with E-state index in [4.69, 9.17) is 9.47 Å². The van der Waals surface area contributed by atoms with E-state index in [-0.39, 0.29) is 24.4 Å². The molecular formula is C14H17NO4. The van der Waals surface area contributed by atoms with Gasteiger partial charge in [0.05, 0.1) is 18.7 Å². The maximum Gasteiger partial charge on any atom is 0.308 e. The minimum atomic E-state index is -0.208. The van der Waals surface area contributed by atoms with Crippen LogP contribution >= 0.6 is 0 Å². The van der Waals surface area contributed by atoms with E-state index in [2.05, 4.69) is 5.32 Å². The number of methoxy groups -OCH3 is 1. The molecule has 1 aliphatic rings. The number of carbonyl (C=O) groups excluding carboxylic acids is 2. The number of benzene rings is 1. The molecule has 1 aromatic carbocycles. The second-order valence-electron chi connectivity index (χ2n) is 4.50. The molecule has 2 rings (SSSR count). The Labute approximate surface area is 111 Å². The molecule has 0 fully saturated rings. The number of amides is 1. The number of rotatable bonds is 4. The van der Waals surface area contributed by atoms with Gasteiger partial charge in [0.15, 0.2) is 6.61 Å². The van der Waals surface area contributed by atoms with E-state index >= 15 is 0 Å². The van der Waals surface area contributed by atoms with E-state index in [0.717, 1.165) is 5.56 Å². The lowest BCUT2D eigenvalue weighted by Gasteiger charge is -2.19. The first-order valence-corrected chi connectivity index (χ1v) is 6.27. The van der Waals surface area contributed by atoms with E-state index in [1.165, 1.54) is 7.11 Å². The van der Waals surface area contributed by atoms with Gasteiger partial charge in [-0.3, -0.25) is 9.59 Å². The van der Waals surface area contributed by atoms with Gasteiger partial charge in [-0.15, -0.1) is 0 Å². The van der Waals surface area contributed by atoms with Gasteiger partial charge in [0.1, 0.15) is 5.75 Å². The van der Waals surface area contributed by atoms with Crippen molar-refractivity contribution in [2.45, 2.75) is 19.8 Å². The molecule has 1 aromatic rings. The SMILES string of the molecule is CCC(Cc1ccc2c(c1)NC(=O)CO2)C(=O)OC. The Morgan fingerprint density at radius 3 is 3.00 bits per heavy atom. The average Bonchev–Trinajstić information content (AvgIpc) is 2.43. The van der Waals surface area contributed by atoms with Gasteiger partial charge in [-0.1, -0.05) is 13.0 Å². The maximum absolute atomic E-state index is 11.6. The molecule has 1 amide bonds. The van der Waals surface area contributed by atoms with Crippen LogP contribution in [-0.2, 0) is 20.7 Å². The Kier molecular flexibility index (Phi) is 4.04. The summed E-state index contributed by atoms with van der Waals surface area (Å²) < 4.78 is 10.1. The van der Waals surface area contributed by atoms with Crippen molar-refractivity contribution in [1.29, 1.82) is 0 Å². The van der Waals surface area contributed by atoms with Crippen LogP contribution in [0.1, 0.15) is 18.9 Å². The van der Waals surface area contributed by atoms with Crippen molar-refractivity contribution in [3.05, 3.63) is 23.8 Å². The normalized spacial score (nSPS) is 14.9. The maximum atomic E-state index is 11.6. The van der Waals surface area contributed by atoms with Gasteiger partial charge in [0.2, 0.25) is 0 Å². The molecule has 0 spiro atoms. The number of fused-ring (bicyclic) bond motifs is 1. The Bertz CT molecular complexity index is 498. The van der Waals surface area contributed by atoms with Crippen molar-refractivity contribution < 1.29 is 19.1 Å². The zero-order valence-electron chi connectivity index (χ0n) is 11.1. The second kappa shape index (κ2) is 5.73. The van der Waals surface area contributed by atoms with Gasteiger partial charge in [-0.2, -0.15) is 0 Å². The molecular weight excluding hydrogens is 246 g/mol. The molecule has 0 aliphatic carbocycles. The van der Waals surface area contributed by atoms with Crippen LogP contribution in [0, 0.1) is 5.92 Å². The number of hydrogen-bond donors (Lipinski definition) is 1. The molecule has 0 radical (unpaired) electrons. The van der Waals surface area contributed by atoms with E-state index in [1.807, 2.05) is 25.1 Å². The molecule has 5 nitrogen and oxygen atoms in total. The molecule has 0 saturated carbocycles. The van der Waals surface area contributed by atoms with E-state index in [1.54, 1.807) is 0 Å². The average molecular weight is 263 g/mol. The number of carbonyl (C=O) groups is 2. The lowest BCUT2D eigenvalue weighted by Crippen LogP contribution is -2.25. The van der Waals surface area contributed by atoms with Crippen molar-refractivity contribution in [2.75, 3.05) is 19.0 Å².